The van der Waals surface area contributed by atoms with Crippen LogP contribution in [0, 0.1) is 11.3 Å². The Hall–Kier alpha value is -2.29. The first-order valence-corrected chi connectivity index (χ1v) is 12.7. The van der Waals surface area contributed by atoms with Crippen LogP contribution in [0.25, 0.3) is 0 Å². The number of ether oxygens (including phenoxy) is 1. The number of nitrogens with one attached hydrogen (secondary N) is 2. The van der Waals surface area contributed by atoms with Crippen molar-refractivity contribution in [3.8, 4) is 6.07 Å². The van der Waals surface area contributed by atoms with E-state index in [9.17, 15) is 9.59 Å². The summed E-state index contributed by atoms with van der Waals surface area (Å²) in [6.07, 6.45) is 6.07. The predicted molar refractivity (Wildman–Crippen MR) is 123 cm³/mol. The first kappa shape index (κ1) is 23.4. The van der Waals surface area contributed by atoms with Gasteiger partial charge in [-0.25, -0.2) is 0 Å². The van der Waals surface area contributed by atoms with Gasteiger partial charge in [-0.2, -0.15) is 5.26 Å². The molecule has 0 atom stereocenters. The number of rotatable bonds is 10. The van der Waals surface area contributed by atoms with Gasteiger partial charge in [0.2, 0.25) is 5.13 Å². The van der Waals surface area contributed by atoms with Gasteiger partial charge in [0.1, 0.15) is 0 Å². The average molecular weight is 478 g/mol. The molecule has 1 aromatic heterocycles. The van der Waals surface area contributed by atoms with E-state index in [1.54, 1.807) is 12.1 Å². The summed E-state index contributed by atoms with van der Waals surface area (Å²) >= 11 is 3.99. The lowest BCUT2D eigenvalue weighted by molar-refractivity contribution is -0.144. The van der Waals surface area contributed by atoms with Gasteiger partial charge in [-0.3, -0.25) is 9.59 Å². The zero-order chi connectivity index (χ0) is 21.9. The number of esters is 1. The van der Waals surface area contributed by atoms with Crippen LogP contribution in [0.4, 0.5) is 10.8 Å². The zero-order valence-corrected chi connectivity index (χ0v) is 19.3. The predicted octanol–water partition coefficient (Wildman–Crippen LogP) is 4.17. The highest BCUT2D eigenvalue weighted by molar-refractivity contribution is 8.01. The van der Waals surface area contributed by atoms with E-state index >= 15 is 0 Å². The molecule has 1 aliphatic carbocycles. The maximum absolute atomic E-state index is 12.1. The number of amides is 1. The number of para-hydroxylation sites is 1. The molecule has 31 heavy (non-hydrogen) atoms. The molecule has 11 heteroatoms. The minimum Gasteiger partial charge on any atom is -0.455 e. The van der Waals surface area contributed by atoms with Gasteiger partial charge in [-0.15, -0.1) is 22.0 Å². The topological polar surface area (TPSA) is 117 Å². The molecule has 0 radical (unpaired) electrons. The van der Waals surface area contributed by atoms with Crippen molar-refractivity contribution in [2.75, 3.05) is 28.7 Å². The maximum atomic E-state index is 12.1. The quantitative estimate of drug-likeness (QED) is 0.384. The van der Waals surface area contributed by atoms with E-state index in [2.05, 4.69) is 26.9 Å². The number of hydrogen-bond donors (Lipinski definition) is 2. The van der Waals surface area contributed by atoms with Gasteiger partial charge >= 0.3 is 5.97 Å². The van der Waals surface area contributed by atoms with Crippen molar-refractivity contribution in [1.82, 2.24) is 10.2 Å². The van der Waals surface area contributed by atoms with E-state index in [0.717, 1.165) is 22.9 Å². The van der Waals surface area contributed by atoms with Crippen LogP contribution in [-0.2, 0) is 14.3 Å². The zero-order valence-electron chi connectivity index (χ0n) is 16.8. The lowest BCUT2D eigenvalue weighted by atomic mass is 9.96. The first-order chi connectivity index (χ1) is 15.1. The number of nitrogens with zero attached hydrogens (tertiary/aromatic N) is 3. The summed E-state index contributed by atoms with van der Waals surface area (Å²) < 4.78 is 5.74. The standard InChI is InChI=1S/C20H23N5O3S3/c21-10-11-29-16-9-5-4-8-15(16)23-17(26)12-28-18(27)13-30-20-25-24-19(31-20)22-14-6-2-1-3-7-14/h4-5,8-9,14H,1-3,6-7,11-13H2,(H,22,24)(H,23,26). The molecule has 1 heterocycles. The van der Waals surface area contributed by atoms with Crippen LogP contribution in [0.15, 0.2) is 33.5 Å². The summed E-state index contributed by atoms with van der Waals surface area (Å²) in [5.74, 6) is -0.592. The van der Waals surface area contributed by atoms with E-state index in [0.29, 0.717) is 16.1 Å². The molecular weight excluding hydrogens is 454 g/mol. The molecular formula is C20H23N5O3S3. The number of thioether (sulfide) groups is 2. The fourth-order valence-corrected chi connectivity index (χ4v) is 5.34. The van der Waals surface area contributed by atoms with E-state index in [1.807, 2.05) is 12.1 Å². The third-order valence-electron chi connectivity index (χ3n) is 4.47. The Kier molecular flexibility index (Phi) is 9.45. The highest BCUT2D eigenvalue weighted by Crippen LogP contribution is 2.29. The Balaban J connectivity index is 1.37. The van der Waals surface area contributed by atoms with Gasteiger partial charge < -0.3 is 15.4 Å². The summed E-state index contributed by atoms with van der Waals surface area (Å²) in [7, 11) is 0. The van der Waals surface area contributed by atoms with Crippen LogP contribution in [0.3, 0.4) is 0 Å². The SMILES string of the molecule is N#CCSc1ccccc1NC(=O)COC(=O)CSc1nnc(NC2CCCCC2)s1. The van der Waals surface area contributed by atoms with E-state index in [-0.39, 0.29) is 18.1 Å². The summed E-state index contributed by atoms with van der Waals surface area (Å²) in [5, 5.41) is 23.9. The van der Waals surface area contributed by atoms with Crippen LogP contribution < -0.4 is 10.6 Å². The van der Waals surface area contributed by atoms with Crippen molar-refractivity contribution in [3.05, 3.63) is 24.3 Å². The molecule has 8 nitrogen and oxygen atoms in total. The highest BCUT2D eigenvalue weighted by Gasteiger charge is 2.16. The van der Waals surface area contributed by atoms with Crippen LogP contribution in [0.2, 0.25) is 0 Å². The summed E-state index contributed by atoms with van der Waals surface area (Å²) in [6.45, 7) is -0.374. The highest BCUT2D eigenvalue weighted by atomic mass is 32.2. The van der Waals surface area contributed by atoms with Gasteiger partial charge in [-0.05, 0) is 25.0 Å². The van der Waals surface area contributed by atoms with Gasteiger partial charge in [0, 0.05) is 10.9 Å². The van der Waals surface area contributed by atoms with Crippen molar-refractivity contribution in [2.45, 2.75) is 47.4 Å². The molecule has 1 aromatic carbocycles. The molecule has 1 aliphatic rings. The van der Waals surface area contributed by atoms with Crippen molar-refractivity contribution in [2.24, 2.45) is 0 Å². The van der Waals surface area contributed by atoms with Crippen molar-refractivity contribution in [3.63, 3.8) is 0 Å². The van der Waals surface area contributed by atoms with Crippen molar-refractivity contribution < 1.29 is 14.3 Å². The monoisotopic (exact) mass is 477 g/mol. The number of anilines is 2. The smallest absolute Gasteiger partial charge is 0.316 e. The third kappa shape index (κ3) is 8.05. The Bertz CT molecular complexity index is 925. The number of carbonyl (C=O) groups excluding carboxylic acids is 2. The molecule has 3 rings (SSSR count). The van der Waals surface area contributed by atoms with Gasteiger partial charge in [-0.1, -0.05) is 54.5 Å². The number of hydrogen-bond acceptors (Lipinski definition) is 10. The molecule has 0 unspecified atom stereocenters. The van der Waals surface area contributed by atoms with E-state index in [4.69, 9.17) is 10.00 Å². The van der Waals surface area contributed by atoms with Crippen LogP contribution in [0.1, 0.15) is 32.1 Å². The minimum atomic E-state index is -0.496. The molecule has 0 aliphatic heterocycles. The van der Waals surface area contributed by atoms with Gasteiger partial charge in [0.15, 0.2) is 10.9 Å². The fraction of sp³-hybridized carbons (Fsp3) is 0.450. The summed E-state index contributed by atoms with van der Waals surface area (Å²) in [4.78, 5) is 24.9. The van der Waals surface area contributed by atoms with Crippen LogP contribution >= 0.6 is 34.9 Å². The summed E-state index contributed by atoms with van der Waals surface area (Å²) in [6, 6.07) is 9.68. The van der Waals surface area contributed by atoms with Crippen LogP contribution in [0.5, 0.6) is 0 Å². The van der Waals surface area contributed by atoms with Gasteiger partial charge in [0.05, 0.1) is 23.3 Å². The second-order valence-corrected chi connectivity index (χ2v) is 10.0. The van der Waals surface area contributed by atoms with E-state index < -0.39 is 11.9 Å². The molecule has 1 fully saturated rings. The van der Waals surface area contributed by atoms with Gasteiger partial charge in [0.25, 0.3) is 5.91 Å². The molecule has 0 spiro atoms. The number of carbonyl (C=O) groups is 2. The lowest BCUT2D eigenvalue weighted by Gasteiger charge is -2.21. The van der Waals surface area contributed by atoms with Crippen LogP contribution in [-0.4, -0.2) is 46.2 Å². The second-order valence-electron chi connectivity index (χ2n) is 6.79. The molecule has 2 N–H and O–H groups in total. The Morgan fingerprint density at radius 1 is 1.19 bits per heavy atom. The fourth-order valence-electron chi connectivity index (χ4n) is 3.05. The molecule has 0 bridgehead atoms. The van der Waals surface area contributed by atoms with Crippen molar-refractivity contribution >= 4 is 57.6 Å². The lowest BCUT2D eigenvalue weighted by Crippen LogP contribution is -2.22. The number of aromatic nitrogens is 2. The maximum Gasteiger partial charge on any atom is 0.316 e. The van der Waals surface area contributed by atoms with E-state index in [1.165, 1.54) is 54.1 Å². The molecule has 1 saturated carbocycles. The number of benzene rings is 1. The molecule has 164 valence electrons. The number of nitriles is 1. The Labute approximate surface area is 193 Å². The Morgan fingerprint density at radius 3 is 2.81 bits per heavy atom. The molecule has 0 saturated heterocycles. The largest absolute Gasteiger partial charge is 0.455 e. The first-order valence-electron chi connectivity index (χ1n) is 9.91. The normalized spacial score (nSPS) is 13.9. The minimum absolute atomic E-state index is 0.0555. The second kappa shape index (κ2) is 12.5. The molecule has 2 aromatic rings. The third-order valence-corrected chi connectivity index (χ3v) is 7.37. The molecule has 1 amide bonds. The Morgan fingerprint density at radius 2 is 2.00 bits per heavy atom. The van der Waals surface area contributed by atoms with Crippen molar-refractivity contribution in [1.29, 1.82) is 5.26 Å². The summed E-state index contributed by atoms with van der Waals surface area (Å²) in [5.41, 5.74) is 0.588. The average Bonchev–Trinajstić information content (AvgIpc) is 3.23.